The van der Waals surface area contributed by atoms with Crippen molar-refractivity contribution in [3.8, 4) is 0 Å². The molecular formula is C9H14O. The van der Waals surface area contributed by atoms with Crippen LogP contribution in [0.3, 0.4) is 0 Å². The highest BCUT2D eigenvalue weighted by Gasteiger charge is 1.99. The SMILES string of the molecule is Cc1cc(CC(C)C)co1. The second kappa shape index (κ2) is 2.91. The van der Waals surface area contributed by atoms with Crippen molar-refractivity contribution in [2.75, 3.05) is 0 Å². The van der Waals surface area contributed by atoms with Gasteiger partial charge < -0.3 is 4.42 Å². The van der Waals surface area contributed by atoms with E-state index in [4.69, 9.17) is 4.42 Å². The molecule has 10 heavy (non-hydrogen) atoms. The largest absolute Gasteiger partial charge is 0.469 e. The molecule has 0 aliphatic heterocycles. The van der Waals surface area contributed by atoms with Crippen LogP contribution in [0.1, 0.15) is 25.2 Å². The first-order chi connectivity index (χ1) is 4.68. The minimum atomic E-state index is 0.719. The Balaban J connectivity index is 2.58. The Labute approximate surface area is 62.1 Å². The van der Waals surface area contributed by atoms with Gasteiger partial charge in [-0.1, -0.05) is 13.8 Å². The molecule has 0 amide bonds. The summed E-state index contributed by atoms with van der Waals surface area (Å²) in [7, 11) is 0. The van der Waals surface area contributed by atoms with E-state index in [-0.39, 0.29) is 0 Å². The Hall–Kier alpha value is -0.720. The van der Waals surface area contributed by atoms with Gasteiger partial charge in [-0.05, 0) is 30.9 Å². The van der Waals surface area contributed by atoms with Crippen LogP contribution >= 0.6 is 0 Å². The van der Waals surface area contributed by atoms with Gasteiger partial charge in [-0.3, -0.25) is 0 Å². The summed E-state index contributed by atoms with van der Waals surface area (Å²) in [6.45, 7) is 6.40. The maximum Gasteiger partial charge on any atom is 0.100 e. The van der Waals surface area contributed by atoms with Gasteiger partial charge in [-0.2, -0.15) is 0 Å². The quantitative estimate of drug-likeness (QED) is 0.612. The summed E-state index contributed by atoms with van der Waals surface area (Å²) < 4.78 is 5.17. The van der Waals surface area contributed by atoms with Gasteiger partial charge in [-0.15, -0.1) is 0 Å². The summed E-state index contributed by atoms with van der Waals surface area (Å²) in [4.78, 5) is 0. The molecule has 0 aliphatic carbocycles. The standard InChI is InChI=1S/C9H14O/c1-7(2)4-9-5-8(3)10-6-9/h5-7H,4H2,1-3H3. The zero-order valence-corrected chi connectivity index (χ0v) is 6.85. The summed E-state index contributed by atoms with van der Waals surface area (Å²) in [5.74, 6) is 1.73. The van der Waals surface area contributed by atoms with Crippen LogP contribution in [0, 0.1) is 12.8 Å². The maximum absolute atomic E-state index is 5.17. The average molecular weight is 138 g/mol. The number of furan rings is 1. The van der Waals surface area contributed by atoms with Crippen molar-refractivity contribution in [3.05, 3.63) is 23.7 Å². The van der Waals surface area contributed by atoms with E-state index in [0.717, 1.165) is 18.1 Å². The smallest absolute Gasteiger partial charge is 0.100 e. The van der Waals surface area contributed by atoms with Crippen molar-refractivity contribution in [1.29, 1.82) is 0 Å². The topological polar surface area (TPSA) is 13.1 Å². The van der Waals surface area contributed by atoms with E-state index >= 15 is 0 Å². The van der Waals surface area contributed by atoms with Crippen molar-refractivity contribution in [2.45, 2.75) is 27.2 Å². The molecule has 0 radical (unpaired) electrons. The van der Waals surface area contributed by atoms with Gasteiger partial charge in [-0.25, -0.2) is 0 Å². The van der Waals surface area contributed by atoms with Gasteiger partial charge >= 0.3 is 0 Å². The highest BCUT2D eigenvalue weighted by molar-refractivity contribution is 5.11. The minimum Gasteiger partial charge on any atom is -0.469 e. The van der Waals surface area contributed by atoms with E-state index in [0.29, 0.717) is 0 Å². The molecule has 1 aromatic rings. The second-order valence-electron chi connectivity index (χ2n) is 3.16. The van der Waals surface area contributed by atoms with Crippen LogP contribution in [0.4, 0.5) is 0 Å². The Bertz CT molecular complexity index is 198. The van der Waals surface area contributed by atoms with Crippen molar-refractivity contribution in [1.82, 2.24) is 0 Å². The van der Waals surface area contributed by atoms with E-state index in [1.54, 1.807) is 0 Å². The Kier molecular flexibility index (Phi) is 2.15. The lowest BCUT2D eigenvalue weighted by Crippen LogP contribution is -1.90. The highest BCUT2D eigenvalue weighted by Crippen LogP contribution is 2.10. The van der Waals surface area contributed by atoms with E-state index in [1.807, 2.05) is 13.2 Å². The first-order valence-corrected chi connectivity index (χ1v) is 3.72. The minimum absolute atomic E-state index is 0.719. The van der Waals surface area contributed by atoms with Crippen molar-refractivity contribution in [2.24, 2.45) is 5.92 Å². The Morgan fingerprint density at radius 3 is 2.60 bits per heavy atom. The second-order valence-corrected chi connectivity index (χ2v) is 3.16. The molecular weight excluding hydrogens is 124 g/mol. The molecule has 0 atom stereocenters. The summed E-state index contributed by atoms with van der Waals surface area (Å²) in [5, 5.41) is 0. The third-order valence-electron chi connectivity index (χ3n) is 1.43. The summed E-state index contributed by atoms with van der Waals surface area (Å²) in [5.41, 5.74) is 1.31. The fourth-order valence-corrected chi connectivity index (χ4v) is 1.08. The van der Waals surface area contributed by atoms with Crippen molar-refractivity contribution in [3.63, 3.8) is 0 Å². The first kappa shape index (κ1) is 7.39. The van der Waals surface area contributed by atoms with Crippen LogP contribution in [-0.4, -0.2) is 0 Å². The van der Waals surface area contributed by atoms with Crippen LogP contribution in [0.2, 0.25) is 0 Å². The lowest BCUT2D eigenvalue weighted by molar-refractivity contribution is 0.528. The molecule has 0 saturated heterocycles. The van der Waals surface area contributed by atoms with E-state index in [9.17, 15) is 0 Å². The van der Waals surface area contributed by atoms with Crippen molar-refractivity contribution >= 4 is 0 Å². The molecule has 0 bridgehead atoms. The van der Waals surface area contributed by atoms with E-state index in [2.05, 4.69) is 19.9 Å². The monoisotopic (exact) mass is 138 g/mol. The third-order valence-corrected chi connectivity index (χ3v) is 1.43. The molecule has 1 rings (SSSR count). The molecule has 1 aromatic heterocycles. The molecule has 1 heteroatoms. The van der Waals surface area contributed by atoms with Crippen LogP contribution < -0.4 is 0 Å². The fraction of sp³-hybridized carbons (Fsp3) is 0.556. The normalized spacial score (nSPS) is 10.8. The average Bonchev–Trinajstić information content (AvgIpc) is 2.13. The predicted octanol–water partition coefficient (Wildman–Crippen LogP) is 2.79. The number of hydrogen-bond acceptors (Lipinski definition) is 1. The maximum atomic E-state index is 5.17. The highest BCUT2D eigenvalue weighted by atomic mass is 16.3. The van der Waals surface area contributed by atoms with Gasteiger partial charge in [0.15, 0.2) is 0 Å². The Morgan fingerprint density at radius 2 is 2.20 bits per heavy atom. The third kappa shape index (κ3) is 1.90. The molecule has 0 unspecified atom stereocenters. The van der Waals surface area contributed by atoms with E-state index in [1.165, 1.54) is 5.56 Å². The number of rotatable bonds is 2. The molecule has 0 fully saturated rings. The zero-order valence-electron chi connectivity index (χ0n) is 6.85. The van der Waals surface area contributed by atoms with Gasteiger partial charge in [0, 0.05) is 0 Å². The van der Waals surface area contributed by atoms with Gasteiger partial charge in [0.25, 0.3) is 0 Å². The summed E-state index contributed by atoms with van der Waals surface area (Å²) >= 11 is 0. The molecule has 1 nitrogen and oxygen atoms in total. The summed E-state index contributed by atoms with van der Waals surface area (Å²) in [6.07, 6.45) is 2.96. The van der Waals surface area contributed by atoms with Gasteiger partial charge in [0.2, 0.25) is 0 Å². The molecule has 0 saturated carbocycles. The van der Waals surface area contributed by atoms with Crippen LogP contribution in [0.15, 0.2) is 16.7 Å². The first-order valence-electron chi connectivity index (χ1n) is 3.72. The predicted molar refractivity (Wildman–Crippen MR) is 42.0 cm³/mol. The number of aryl methyl sites for hydroxylation is 1. The van der Waals surface area contributed by atoms with Crippen molar-refractivity contribution < 1.29 is 4.42 Å². The lowest BCUT2D eigenvalue weighted by atomic mass is 10.1. The molecule has 1 heterocycles. The fourth-order valence-electron chi connectivity index (χ4n) is 1.08. The van der Waals surface area contributed by atoms with Crippen LogP contribution in [0.5, 0.6) is 0 Å². The Morgan fingerprint density at radius 1 is 1.50 bits per heavy atom. The molecule has 0 N–H and O–H groups in total. The van der Waals surface area contributed by atoms with Crippen LogP contribution in [-0.2, 0) is 6.42 Å². The lowest BCUT2D eigenvalue weighted by Gasteiger charge is -1.98. The molecule has 56 valence electrons. The molecule has 0 aliphatic rings. The zero-order chi connectivity index (χ0) is 7.56. The van der Waals surface area contributed by atoms with Gasteiger partial charge in [0.05, 0.1) is 6.26 Å². The van der Waals surface area contributed by atoms with E-state index < -0.39 is 0 Å². The summed E-state index contributed by atoms with van der Waals surface area (Å²) in [6, 6.07) is 2.10. The molecule has 0 spiro atoms. The number of hydrogen-bond donors (Lipinski definition) is 0. The molecule has 0 aromatic carbocycles. The van der Waals surface area contributed by atoms with Crippen LogP contribution in [0.25, 0.3) is 0 Å². The van der Waals surface area contributed by atoms with Gasteiger partial charge in [0.1, 0.15) is 5.76 Å².